The highest BCUT2D eigenvalue weighted by atomic mass is 32.2. The Hall–Kier alpha value is -1.89. The van der Waals surface area contributed by atoms with Gasteiger partial charge in [-0.2, -0.15) is 0 Å². The first-order chi connectivity index (χ1) is 10.9. The summed E-state index contributed by atoms with van der Waals surface area (Å²) in [7, 11) is -3.51. The van der Waals surface area contributed by atoms with Gasteiger partial charge in [0, 0.05) is 25.5 Å². The first kappa shape index (κ1) is 16.0. The van der Waals surface area contributed by atoms with Crippen LogP contribution in [-0.2, 0) is 9.84 Å². The number of imidazole rings is 1. The lowest BCUT2D eigenvalue weighted by molar-refractivity contribution is 0.0744. The third-order valence-corrected chi connectivity index (χ3v) is 4.96. The smallest absolute Gasteiger partial charge is 0.274 e. The van der Waals surface area contributed by atoms with Crippen molar-refractivity contribution in [2.75, 3.05) is 19.3 Å². The SMILES string of the molecule is CCCN(CC1CC1)C(=O)c1nc(S(C)(=O)=O)n2ccccc12. The third kappa shape index (κ3) is 3.24. The molecule has 1 aliphatic carbocycles. The number of amides is 1. The monoisotopic (exact) mass is 335 g/mol. The maximum absolute atomic E-state index is 12.9. The highest BCUT2D eigenvalue weighted by Crippen LogP contribution is 2.30. The van der Waals surface area contributed by atoms with E-state index in [9.17, 15) is 13.2 Å². The van der Waals surface area contributed by atoms with E-state index in [0.717, 1.165) is 32.1 Å². The second kappa shape index (κ2) is 5.96. The summed E-state index contributed by atoms with van der Waals surface area (Å²) in [5.41, 5.74) is 0.759. The minimum atomic E-state index is -3.51. The van der Waals surface area contributed by atoms with Crippen molar-refractivity contribution in [3.63, 3.8) is 0 Å². The Balaban J connectivity index is 2.05. The van der Waals surface area contributed by atoms with Crippen LogP contribution in [0.2, 0.25) is 0 Å². The van der Waals surface area contributed by atoms with Crippen molar-refractivity contribution in [2.45, 2.75) is 31.3 Å². The van der Waals surface area contributed by atoms with Crippen molar-refractivity contribution >= 4 is 21.3 Å². The van der Waals surface area contributed by atoms with Gasteiger partial charge in [-0.1, -0.05) is 13.0 Å². The van der Waals surface area contributed by atoms with Crippen LogP contribution in [0, 0.1) is 5.92 Å². The molecule has 2 heterocycles. The molecule has 0 radical (unpaired) electrons. The van der Waals surface area contributed by atoms with Crippen LogP contribution in [-0.4, -0.2) is 48.0 Å². The Kier molecular flexibility index (Phi) is 4.14. The molecule has 0 bridgehead atoms. The molecule has 0 atom stereocenters. The molecule has 0 spiro atoms. The Labute approximate surface area is 136 Å². The normalized spacial score (nSPS) is 15.0. The number of aromatic nitrogens is 2. The molecule has 0 aromatic carbocycles. The molecule has 2 aromatic heterocycles. The highest BCUT2D eigenvalue weighted by molar-refractivity contribution is 7.90. The number of hydrogen-bond donors (Lipinski definition) is 0. The molecule has 3 rings (SSSR count). The zero-order valence-corrected chi connectivity index (χ0v) is 14.2. The Morgan fingerprint density at radius 3 is 2.74 bits per heavy atom. The molecule has 0 N–H and O–H groups in total. The average Bonchev–Trinajstić information content (AvgIpc) is 3.22. The van der Waals surface area contributed by atoms with Gasteiger partial charge in [0.1, 0.15) is 0 Å². The fraction of sp³-hybridized carbons (Fsp3) is 0.500. The number of fused-ring (bicyclic) bond motifs is 1. The van der Waals surface area contributed by atoms with Crippen molar-refractivity contribution in [1.29, 1.82) is 0 Å². The Morgan fingerprint density at radius 1 is 1.39 bits per heavy atom. The fourth-order valence-corrected chi connectivity index (χ4v) is 3.51. The van der Waals surface area contributed by atoms with Crippen LogP contribution in [0.15, 0.2) is 29.6 Å². The van der Waals surface area contributed by atoms with Crippen LogP contribution >= 0.6 is 0 Å². The molecule has 1 fully saturated rings. The lowest BCUT2D eigenvalue weighted by Crippen LogP contribution is -2.34. The van der Waals surface area contributed by atoms with E-state index in [1.165, 1.54) is 4.40 Å². The summed E-state index contributed by atoms with van der Waals surface area (Å²) < 4.78 is 25.4. The van der Waals surface area contributed by atoms with Crippen molar-refractivity contribution < 1.29 is 13.2 Å². The van der Waals surface area contributed by atoms with Gasteiger partial charge >= 0.3 is 0 Å². The van der Waals surface area contributed by atoms with Crippen LogP contribution in [0.4, 0.5) is 0 Å². The number of sulfone groups is 1. The molecule has 23 heavy (non-hydrogen) atoms. The molecular formula is C16H21N3O3S. The molecule has 2 aromatic rings. The number of carbonyl (C=O) groups is 1. The summed E-state index contributed by atoms with van der Waals surface area (Å²) in [6.45, 7) is 3.42. The van der Waals surface area contributed by atoms with Gasteiger partial charge in [-0.25, -0.2) is 13.4 Å². The lowest BCUT2D eigenvalue weighted by atomic mass is 10.2. The van der Waals surface area contributed by atoms with Gasteiger partial charge < -0.3 is 4.90 Å². The van der Waals surface area contributed by atoms with E-state index in [1.807, 2.05) is 6.92 Å². The van der Waals surface area contributed by atoms with Crippen molar-refractivity contribution in [3.05, 3.63) is 30.1 Å². The number of pyridine rings is 1. The summed E-state index contributed by atoms with van der Waals surface area (Å²) in [5, 5.41) is -0.0840. The molecule has 0 unspecified atom stereocenters. The van der Waals surface area contributed by atoms with Crippen LogP contribution < -0.4 is 0 Å². The van der Waals surface area contributed by atoms with Gasteiger partial charge in [-0.3, -0.25) is 9.20 Å². The van der Waals surface area contributed by atoms with E-state index in [4.69, 9.17) is 0 Å². The highest BCUT2D eigenvalue weighted by Gasteiger charge is 2.30. The Bertz CT molecular complexity index is 837. The largest absolute Gasteiger partial charge is 0.337 e. The quantitative estimate of drug-likeness (QED) is 0.809. The van der Waals surface area contributed by atoms with Gasteiger partial charge in [0.2, 0.25) is 15.0 Å². The molecule has 0 saturated heterocycles. The molecule has 1 saturated carbocycles. The van der Waals surface area contributed by atoms with E-state index in [-0.39, 0.29) is 16.8 Å². The maximum Gasteiger partial charge on any atom is 0.274 e. The van der Waals surface area contributed by atoms with E-state index < -0.39 is 9.84 Å². The summed E-state index contributed by atoms with van der Waals surface area (Å²) in [5.74, 6) is 0.395. The lowest BCUT2D eigenvalue weighted by Gasteiger charge is -2.21. The van der Waals surface area contributed by atoms with E-state index in [0.29, 0.717) is 18.0 Å². The van der Waals surface area contributed by atoms with Crippen molar-refractivity contribution in [1.82, 2.24) is 14.3 Å². The van der Waals surface area contributed by atoms with E-state index in [2.05, 4.69) is 4.98 Å². The molecule has 1 amide bonds. The zero-order valence-electron chi connectivity index (χ0n) is 13.4. The van der Waals surface area contributed by atoms with Crippen molar-refractivity contribution in [2.24, 2.45) is 5.92 Å². The minimum absolute atomic E-state index is 0.0840. The molecule has 1 aliphatic rings. The fourth-order valence-electron chi connectivity index (χ4n) is 2.74. The minimum Gasteiger partial charge on any atom is -0.337 e. The van der Waals surface area contributed by atoms with E-state index in [1.54, 1.807) is 29.3 Å². The number of rotatable bonds is 6. The molecule has 6 nitrogen and oxygen atoms in total. The number of hydrogen-bond acceptors (Lipinski definition) is 4. The van der Waals surface area contributed by atoms with Crippen LogP contribution in [0.5, 0.6) is 0 Å². The van der Waals surface area contributed by atoms with Crippen molar-refractivity contribution in [3.8, 4) is 0 Å². The second-order valence-corrected chi connectivity index (χ2v) is 8.08. The molecular weight excluding hydrogens is 314 g/mol. The topological polar surface area (TPSA) is 71.8 Å². The van der Waals surface area contributed by atoms with Crippen LogP contribution in [0.25, 0.3) is 5.52 Å². The summed E-state index contributed by atoms with van der Waals surface area (Å²) in [6.07, 6.45) is 5.92. The third-order valence-electron chi connectivity index (χ3n) is 4.01. The number of nitrogens with zero attached hydrogens (tertiary/aromatic N) is 3. The van der Waals surface area contributed by atoms with Gasteiger partial charge in [-0.15, -0.1) is 0 Å². The van der Waals surface area contributed by atoms with Gasteiger partial charge in [0.05, 0.1) is 5.52 Å². The predicted octanol–water partition coefficient (Wildman–Crippen LogP) is 2.00. The first-order valence-corrected chi connectivity index (χ1v) is 9.77. The first-order valence-electron chi connectivity index (χ1n) is 7.88. The average molecular weight is 335 g/mol. The zero-order chi connectivity index (χ0) is 16.6. The van der Waals surface area contributed by atoms with Gasteiger partial charge in [0.15, 0.2) is 5.69 Å². The standard InChI is InChI=1S/C16H21N3O3S/c1-3-9-18(11-12-7-8-12)15(20)14-13-6-4-5-10-19(13)16(17-14)23(2,21)22/h4-6,10,12H,3,7-9,11H2,1-2H3. The van der Waals surface area contributed by atoms with Crippen LogP contribution in [0.1, 0.15) is 36.7 Å². The molecule has 124 valence electrons. The summed E-state index contributed by atoms with van der Waals surface area (Å²) >= 11 is 0. The van der Waals surface area contributed by atoms with E-state index >= 15 is 0 Å². The predicted molar refractivity (Wildman–Crippen MR) is 87.2 cm³/mol. The molecule has 0 aliphatic heterocycles. The second-order valence-electron chi connectivity index (χ2n) is 6.17. The van der Waals surface area contributed by atoms with Gasteiger partial charge in [-0.05, 0) is 37.3 Å². The molecule has 7 heteroatoms. The summed E-state index contributed by atoms with van der Waals surface area (Å²) in [4.78, 5) is 18.9. The number of carbonyl (C=O) groups excluding carboxylic acids is 1. The summed E-state index contributed by atoms with van der Waals surface area (Å²) in [6, 6.07) is 5.24. The van der Waals surface area contributed by atoms with Crippen LogP contribution in [0.3, 0.4) is 0 Å². The Morgan fingerprint density at radius 2 is 2.13 bits per heavy atom. The van der Waals surface area contributed by atoms with Gasteiger partial charge in [0.25, 0.3) is 5.91 Å². The maximum atomic E-state index is 12.9.